The molecule has 163 valence electrons. The van der Waals surface area contributed by atoms with Crippen LogP contribution in [0.1, 0.15) is 83.5 Å². The van der Waals surface area contributed by atoms with E-state index in [0.29, 0.717) is 0 Å². The van der Waals surface area contributed by atoms with Crippen LogP contribution in [0.3, 0.4) is 0 Å². The number of allylic oxidation sites excluding steroid dienone is 5. The Balaban J connectivity index is 1.82. The maximum Gasteiger partial charge on any atom is 0.177 e. The number of nitrogens with zero attached hydrogens (tertiary/aromatic N) is 1. The summed E-state index contributed by atoms with van der Waals surface area (Å²) in [4.78, 5) is 0. The number of nitrogens with one attached hydrogen (secondary N) is 1. The summed E-state index contributed by atoms with van der Waals surface area (Å²) in [6.45, 7) is 3.39. The van der Waals surface area contributed by atoms with Crippen molar-refractivity contribution in [2.24, 2.45) is 0 Å². The van der Waals surface area contributed by atoms with E-state index in [4.69, 9.17) is 0 Å². The fourth-order valence-corrected chi connectivity index (χ4v) is 4.07. The van der Waals surface area contributed by atoms with Crippen molar-refractivity contribution in [3.63, 3.8) is 0 Å². The van der Waals surface area contributed by atoms with Crippen LogP contribution < -0.4 is 5.32 Å². The van der Waals surface area contributed by atoms with E-state index in [1.54, 1.807) is 0 Å². The van der Waals surface area contributed by atoms with Crippen molar-refractivity contribution < 1.29 is 4.48 Å². The van der Waals surface area contributed by atoms with E-state index in [1.807, 2.05) is 0 Å². The van der Waals surface area contributed by atoms with Gasteiger partial charge in [0.1, 0.15) is 12.1 Å². The van der Waals surface area contributed by atoms with Crippen LogP contribution in [-0.2, 0) is 0 Å². The highest BCUT2D eigenvalue weighted by Crippen LogP contribution is 2.13. The van der Waals surface area contributed by atoms with Crippen LogP contribution in [-0.4, -0.2) is 48.5 Å². The highest BCUT2D eigenvalue weighted by atomic mass is 28.1. The molecule has 29 heavy (non-hydrogen) atoms. The Hall–Kier alpha value is -0.773. The van der Waals surface area contributed by atoms with Gasteiger partial charge in [-0.25, -0.2) is 0 Å². The molecule has 0 saturated heterocycles. The van der Waals surface area contributed by atoms with Crippen molar-refractivity contribution in [1.29, 1.82) is 0 Å². The lowest BCUT2D eigenvalue weighted by Gasteiger charge is -2.23. The topological polar surface area (TPSA) is 12.0 Å². The van der Waals surface area contributed by atoms with E-state index in [2.05, 4.69) is 66.6 Å². The van der Waals surface area contributed by atoms with Gasteiger partial charge in [0.15, 0.2) is 6.20 Å². The van der Waals surface area contributed by atoms with Crippen molar-refractivity contribution in [2.45, 2.75) is 89.5 Å². The number of unbranched alkanes of at least 4 members (excludes halogenated alkanes) is 12. The molecule has 1 rings (SSSR count). The van der Waals surface area contributed by atoms with Crippen molar-refractivity contribution >= 4 is 10.2 Å². The first-order valence-electron chi connectivity index (χ1n) is 12.2. The fourth-order valence-electron chi connectivity index (χ4n) is 3.82. The molecular formula is C26H47N2Si+2. The van der Waals surface area contributed by atoms with Crippen molar-refractivity contribution in [2.75, 3.05) is 33.7 Å². The number of likely N-dealkylation sites (N-methyl/N-ethyl adjacent to an activating group) is 1. The highest BCUT2D eigenvalue weighted by Gasteiger charge is 2.17. The van der Waals surface area contributed by atoms with Gasteiger partial charge in [-0.05, 0) is 13.0 Å². The standard InChI is InChI=1S/C26H47N2Si/c1-28(2,25-26-19-15-14-16-20-26)23-22-27-21-17-12-10-8-6-4-3-5-7-9-11-13-18-24-29/h14-16,19-20,25,27H,3-13,17-18,21-24H2,1-2H3/q+2. The summed E-state index contributed by atoms with van der Waals surface area (Å²) in [5, 5.41) is 3.63. The summed E-state index contributed by atoms with van der Waals surface area (Å²) in [6.07, 6.45) is 31.4. The molecule has 3 radical (unpaired) electrons. The van der Waals surface area contributed by atoms with Gasteiger partial charge >= 0.3 is 0 Å². The van der Waals surface area contributed by atoms with Crippen LogP contribution in [0, 0.1) is 6.42 Å². The zero-order valence-electron chi connectivity index (χ0n) is 19.4. The number of hydrogen-bond acceptors (Lipinski definition) is 1. The first-order valence-corrected chi connectivity index (χ1v) is 12.9. The number of rotatable bonds is 19. The molecule has 1 N–H and O–H groups in total. The Bertz CT molecular complexity index is 465. The third-order valence-electron chi connectivity index (χ3n) is 5.69. The molecule has 0 aromatic heterocycles. The molecule has 0 aromatic rings. The van der Waals surface area contributed by atoms with Gasteiger partial charge in [0.2, 0.25) is 0 Å². The largest absolute Gasteiger partial charge is 0.311 e. The van der Waals surface area contributed by atoms with Crippen LogP contribution in [0.4, 0.5) is 0 Å². The fraction of sp³-hybridized carbons (Fsp3) is 0.731. The molecule has 2 nitrogen and oxygen atoms in total. The van der Waals surface area contributed by atoms with Crippen molar-refractivity contribution in [1.82, 2.24) is 5.32 Å². The minimum atomic E-state index is 0.924. The van der Waals surface area contributed by atoms with Gasteiger partial charge in [-0.1, -0.05) is 83.1 Å². The number of quaternary nitrogens is 1. The molecule has 3 heteroatoms. The molecule has 1 aliphatic rings. The molecule has 0 spiro atoms. The van der Waals surface area contributed by atoms with Gasteiger partial charge in [-0.2, -0.15) is 0 Å². The first kappa shape index (κ1) is 26.3. The van der Waals surface area contributed by atoms with Crippen LogP contribution in [0.5, 0.6) is 0 Å². The maximum atomic E-state index is 3.63. The zero-order chi connectivity index (χ0) is 21.0. The highest BCUT2D eigenvalue weighted by molar-refractivity contribution is 6.08. The lowest BCUT2D eigenvalue weighted by Crippen LogP contribution is -2.40. The SMILES string of the molecule is C[N+](C)(C=C1C=CC=C[CH+]1)CCNCCCCCCCCCCCCCCC[Si]. The van der Waals surface area contributed by atoms with E-state index in [0.717, 1.165) is 17.6 Å². The van der Waals surface area contributed by atoms with E-state index >= 15 is 0 Å². The summed E-state index contributed by atoms with van der Waals surface area (Å²) >= 11 is 0. The average molecular weight is 416 g/mol. The molecule has 0 heterocycles. The molecular weight excluding hydrogens is 368 g/mol. The minimum Gasteiger partial charge on any atom is -0.311 e. The summed E-state index contributed by atoms with van der Waals surface area (Å²) < 4.78 is 0.924. The molecule has 0 atom stereocenters. The molecule has 0 bridgehead atoms. The Morgan fingerprint density at radius 2 is 1.34 bits per heavy atom. The summed E-state index contributed by atoms with van der Waals surface area (Å²) in [5.41, 5.74) is 1.31. The normalized spacial score (nSPS) is 15.2. The van der Waals surface area contributed by atoms with E-state index in [1.165, 1.54) is 102 Å². The lowest BCUT2D eigenvalue weighted by atomic mass is 10.0. The second-order valence-electron chi connectivity index (χ2n) is 9.14. The third kappa shape index (κ3) is 16.7. The lowest BCUT2D eigenvalue weighted by molar-refractivity contribution is -0.837. The van der Waals surface area contributed by atoms with Gasteiger partial charge < -0.3 is 5.32 Å². The third-order valence-corrected chi connectivity index (χ3v) is 6.05. The van der Waals surface area contributed by atoms with Crippen molar-refractivity contribution in [3.05, 3.63) is 42.5 Å². The predicted octanol–water partition coefficient (Wildman–Crippen LogP) is 6.52. The first-order chi connectivity index (χ1) is 14.1. The maximum absolute atomic E-state index is 3.63. The van der Waals surface area contributed by atoms with Crippen LogP contribution in [0.2, 0.25) is 6.04 Å². The van der Waals surface area contributed by atoms with Gasteiger partial charge in [-0.3, -0.25) is 4.48 Å². The van der Waals surface area contributed by atoms with E-state index in [9.17, 15) is 0 Å². The summed E-state index contributed by atoms with van der Waals surface area (Å²) in [6, 6.07) is 1.17. The van der Waals surface area contributed by atoms with Crippen LogP contribution >= 0.6 is 0 Å². The summed E-state index contributed by atoms with van der Waals surface area (Å²) in [5.74, 6) is 0. The van der Waals surface area contributed by atoms with Crippen LogP contribution in [0.25, 0.3) is 0 Å². The number of hydrogen-bond donors (Lipinski definition) is 1. The Morgan fingerprint density at radius 1 is 0.793 bits per heavy atom. The Kier molecular flexibility index (Phi) is 16.3. The summed E-state index contributed by atoms with van der Waals surface area (Å²) in [7, 11) is 8.10. The zero-order valence-corrected chi connectivity index (χ0v) is 20.4. The molecule has 0 saturated carbocycles. The average Bonchev–Trinajstić information content (AvgIpc) is 2.70. The second-order valence-corrected chi connectivity index (χ2v) is 9.64. The van der Waals surface area contributed by atoms with Gasteiger partial charge in [0.25, 0.3) is 0 Å². The molecule has 0 amide bonds. The van der Waals surface area contributed by atoms with Gasteiger partial charge in [-0.15, -0.1) is 0 Å². The minimum absolute atomic E-state index is 0.924. The molecule has 0 fully saturated rings. The monoisotopic (exact) mass is 415 g/mol. The second kappa shape index (κ2) is 18.0. The quantitative estimate of drug-likeness (QED) is 0.109. The van der Waals surface area contributed by atoms with E-state index < -0.39 is 0 Å². The Morgan fingerprint density at radius 3 is 1.86 bits per heavy atom. The van der Waals surface area contributed by atoms with Crippen LogP contribution in [0.15, 0.2) is 36.1 Å². The Labute approximate surface area is 185 Å². The molecule has 0 aromatic carbocycles. The molecule has 1 aliphatic carbocycles. The van der Waals surface area contributed by atoms with E-state index in [-0.39, 0.29) is 0 Å². The van der Waals surface area contributed by atoms with Gasteiger partial charge in [0, 0.05) is 47.5 Å². The van der Waals surface area contributed by atoms with Gasteiger partial charge in [0.05, 0.1) is 14.1 Å². The molecule has 0 unspecified atom stereocenters. The predicted molar refractivity (Wildman–Crippen MR) is 131 cm³/mol. The smallest absolute Gasteiger partial charge is 0.177 e. The molecule has 0 aliphatic heterocycles. The van der Waals surface area contributed by atoms with Crippen molar-refractivity contribution in [3.8, 4) is 0 Å².